The highest BCUT2D eigenvalue weighted by Crippen LogP contribution is 2.47. The highest BCUT2D eigenvalue weighted by atomic mass is 16.4. The number of hydrogen-bond donors (Lipinski definition) is 2. The van der Waals surface area contributed by atoms with Gasteiger partial charge in [-0.2, -0.15) is 5.10 Å². The molecule has 1 amide bonds. The van der Waals surface area contributed by atoms with Gasteiger partial charge in [0.25, 0.3) is 0 Å². The zero-order valence-electron chi connectivity index (χ0n) is 15.8. The van der Waals surface area contributed by atoms with E-state index in [-0.39, 0.29) is 28.7 Å². The smallest absolute Gasteiger partial charge is 0.335 e. The fourth-order valence-electron chi connectivity index (χ4n) is 3.05. The first kappa shape index (κ1) is 18.8. The average Bonchev–Trinajstić information content (AvgIpc) is 3.42. The van der Waals surface area contributed by atoms with Crippen molar-refractivity contribution >= 4 is 18.1 Å². The SMILES string of the molecule is CC(C)(C)c1ccc([C@@H]2C[C@@H]2C(=O)N/N=C\c2ccc(C(=O)O)cc2)cc1. The summed E-state index contributed by atoms with van der Waals surface area (Å²) in [5.74, 6) is -0.846. The highest BCUT2D eigenvalue weighted by molar-refractivity contribution is 5.89. The molecule has 5 heteroatoms. The van der Waals surface area contributed by atoms with Gasteiger partial charge in [0.05, 0.1) is 11.8 Å². The van der Waals surface area contributed by atoms with Crippen molar-refractivity contribution in [1.82, 2.24) is 5.43 Å². The van der Waals surface area contributed by atoms with Gasteiger partial charge in [-0.05, 0) is 46.6 Å². The molecule has 5 nitrogen and oxygen atoms in total. The predicted octanol–water partition coefficient (Wildman–Crippen LogP) is 3.94. The summed E-state index contributed by atoms with van der Waals surface area (Å²) in [6.45, 7) is 6.55. The van der Waals surface area contributed by atoms with E-state index in [0.29, 0.717) is 0 Å². The minimum atomic E-state index is -0.970. The van der Waals surface area contributed by atoms with Crippen LogP contribution >= 0.6 is 0 Å². The van der Waals surface area contributed by atoms with E-state index in [0.717, 1.165) is 12.0 Å². The van der Waals surface area contributed by atoms with Crippen LogP contribution in [-0.4, -0.2) is 23.2 Å². The van der Waals surface area contributed by atoms with Gasteiger partial charge in [0.15, 0.2) is 0 Å². The molecule has 0 aromatic heterocycles. The lowest BCUT2D eigenvalue weighted by Crippen LogP contribution is -2.20. The molecule has 0 radical (unpaired) electrons. The van der Waals surface area contributed by atoms with Crippen LogP contribution in [0.5, 0.6) is 0 Å². The maximum atomic E-state index is 12.2. The zero-order valence-corrected chi connectivity index (χ0v) is 15.8. The van der Waals surface area contributed by atoms with Crippen molar-refractivity contribution in [2.75, 3.05) is 0 Å². The molecular formula is C22H24N2O3. The van der Waals surface area contributed by atoms with Gasteiger partial charge in [-0.15, -0.1) is 0 Å². The summed E-state index contributed by atoms with van der Waals surface area (Å²) < 4.78 is 0. The van der Waals surface area contributed by atoms with Crippen molar-refractivity contribution in [3.63, 3.8) is 0 Å². The van der Waals surface area contributed by atoms with Crippen molar-refractivity contribution in [2.24, 2.45) is 11.0 Å². The second-order valence-corrected chi connectivity index (χ2v) is 7.98. The summed E-state index contributed by atoms with van der Waals surface area (Å²) in [5, 5.41) is 12.9. The predicted molar refractivity (Wildman–Crippen MR) is 105 cm³/mol. The average molecular weight is 364 g/mol. The third-order valence-corrected chi connectivity index (χ3v) is 4.88. The number of hydrogen-bond acceptors (Lipinski definition) is 3. The van der Waals surface area contributed by atoms with Crippen LogP contribution in [0.3, 0.4) is 0 Å². The van der Waals surface area contributed by atoms with E-state index in [9.17, 15) is 9.59 Å². The molecule has 2 aromatic carbocycles. The van der Waals surface area contributed by atoms with Crippen LogP contribution in [0.15, 0.2) is 53.6 Å². The van der Waals surface area contributed by atoms with E-state index in [1.54, 1.807) is 12.1 Å². The fourth-order valence-corrected chi connectivity index (χ4v) is 3.05. The van der Waals surface area contributed by atoms with Crippen LogP contribution in [0.2, 0.25) is 0 Å². The molecule has 2 aromatic rings. The molecule has 0 unspecified atom stereocenters. The number of nitrogens with one attached hydrogen (secondary N) is 1. The molecule has 2 N–H and O–H groups in total. The Labute approximate surface area is 159 Å². The Balaban J connectivity index is 1.53. The number of carbonyl (C=O) groups is 2. The van der Waals surface area contributed by atoms with E-state index in [1.165, 1.54) is 29.5 Å². The van der Waals surface area contributed by atoms with E-state index >= 15 is 0 Å². The third-order valence-electron chi connectivity index (χ3n) is 4.88. The van der Waals surface area contributed by atoms with Crippen LogP contribution in [0, 0.1) is 5.92 Å². The van der Waals surface area contributed by atoms with Crippen molar-refractivity contribution in [1.29, 1.82) is 0 Å². The molecule has 0 heterocycles. The Morgan fingerprint density at radius 2 is 1.70 bits per heavy atom. The molecule has 1 saturated carbocycles. The van der Waals surface area contributed by atoms with E-state index in [2.05, 4.69) is 55.6 Å². The van der Waals surface area contributed by atoms with Gasteiger partial charge >= 0.3 is 5.97 Å². The summed E-state index contributed by atoms with van der Waals surface area (Å²) in [7, 11) is 0. The van der Waals surface area contributed by atoms with Gasteiger partial charge in [-0.3, -0.25) is 4.79 Å². The molecule has 1 aliphatic rings. The number of amides is 1. The zero-order chi connectivity index (χ0) is 19.6. The minimum Gasteiger partial charge on any atom is -0.478 e. The van der Waals surface area contributed by atoms with E-state index in [4.69, 9.17) is 5.11 Å². The number of nitrogens with zero attached hydrogens (tertiary/aromatic N) is 1. The van der Waals surface area contributed by atoms with E-state index < -0.39 is 5.97 Å². The van der Waals surface area contributed by atoms with Crippen LogP contribution < -0.4 is 5.43 Å². The van der Waals surface area contributed by atoms with Crippen LogP contribution in [-0.2, 0) is 10.2 Å². The number of aromatic carboxylic acids is 1. The minimum absolute atomic E-state index is 0.0444. The molecule has 1 fully saturated rings. The quantitative estimate of drug-likeness (QED) is 0.623. The van der Waals surface area contributed by atoms with Gasteiger partial charge in [-0.25, -0.2) is 10.2 Å². The standard InChI is InChI=1S/C22H24N2O3/c1-22(2,3)17-10-8-15(9-11-17)18-12-19(18)20(25)24-23-13-14-4-6-16(7-5-14)21(26)27/h4-11,13,18-19H,12H2,1-3H3,(H,24,25)(H,26,27)/b23-13-/t18-,19-/m0/s1. The maximum absolute atomic E-state index is 12.2. The Kier molecular flexibility index (Phi) is 5.13. The third kappa shape index (κ3) is 4.61. The first-order chi connectivity index (χ1) is 12.8. The summed E-state index contributed by atoms with van der Waals surface area (Å²) in [6.07, 6.45) is 2.35. The van der Waals surface area contributed by atoms with Gasteiger partial charge in [-0.1, -0.05) is 57.2 Å². The second kappa shape index (κ2) is 7.35. The lowest BCUT2D eigenvalue weighted by Gasteiger charge is -2.19. The lowest BCUT2D eigenvalue weighted by molar-refractivity contribution is -0.122. The van der Waals surface area contributed by atoms with Crippen molar-refractivity contribution in [2.45, 2.75) is 38.5 Å². The Morgan fingerprint density at radius 1 is 1.07 bits per heavy atom. The Hall–Kier alpha value is -2.95. The lowest BCUT2D eigenvalue weighted by atomic mass is 9.86. The van der Waals surface area contributed by atoms with Crippen molar-refractivity contribution in [3.8, 4) is 0 Å². The number of carbonyl (C=O) groups excluding carboxylic acids is 1. The summed E-state index contributed by atoms with van der Waals surface area (Å²) in [5.41, 5.74) is 6.12. The number of carboxylic acids is 1. The molecule has 3 rings (SSSR count). The summed E-state index contributed by atoms with van der Waals surface area (Å²) >= 11 is 0. The highest BCUT2D eigenvalue weighted by Gasteiger charge is 2.43. The number of benzene rings is 2. The molecule has 1 aliphatic carbocycles. The Morgan fingerprint density at radius 3 is 2.26 bits per heavy atom. The topological polar surface area (TPSA) is 78.8 Å². The van der Waals surface area contributed by atoms with Crippen LogP contribution in [0.1, 0.15) is 60.2 Å². The largest absolute Gasteiger partial charge is 0.478 e. The monoisotopic (exact) mass is 364 g/mol. The molecule has 27 heavy (non-hydrogen) atoms. The molecule has 0 aliphatic heterocycles. The molecule has 0 spiro atoms. The normalized spacial score (nSPS) is 19.1. The molecule has 0 bridgehead atoms. The number of rotatable bonds is 5. The van der Waals surface area contributed by atoms with Gasteiger partial charge < -0.3 is 5.11 Å². The summed E-state index contributed by atoms with van der Waals surface area (Å²) in [6, 6.07) is 14.8. The number of hydrazone groups is 1. The fraction of sp³-hybridized carbons (Fsp3) is 0.318. The van der Waals surface area contributed by atoms with Gasteiger partial charge in [0, 0.05) is 5.92 Å². The number of carboxylic acid groups (broad SMARTS) is 1. The van der Waals surface area contributed by atoms with Crippen molar-refractivity contribution < 1.29 is 14.7 Å². The first-order valence-electron chi connectivity index (χ1n) is 9.02. The van der Waals surface area contributed by atoms with Gasteiger partial charge in [0.2, 0.25) is 5.91 Å². The van der Waals surface area contributed by atoms with E-state index in [1.807, 2.05) is 0 Å². The van der Waals surface area contributed by atoms with Crippen molar-refractivity contribution in [3.05, 3.63) is 70.8 Å². The molecule has 140 valence electrons. The second-order valence-electron chi connectivity index (χ2n) is 7.98. The Bertz CT molecular complexity index is 862. The maximum Gasteiger partial charge on any atom is 0.335 e. The first-order valence-corrected chi connectivity index (χ1v) is 9.02. The summed E-state index contributed by atoms with van der Waals surface area (Å²) in [4.78, 5) is 23.1. The molecule has 2 atom stereocenters. The van der Waals surface area contributed by atoms with Crippen LogP contribution in [0.25, 0.3) is 0 Å². The van der Waals surface area contributed by atoms with Gasteiger partial charge in [0.1, 0.15) is 0 Å². The van der Waals surface area contributed by atoms with Crippen LogP contribution in [0.4, 0.5) is 0 Å². The molecular weight excluding hydrogens is 340 g/mol. The molecule has 0 saturated heterocycles.